The Morgan fingerprint density at radius 2 is 2.05 bits per heavy atom. The van der Waals surface area contributed by atoms with Crippen molar-refractivity contribution in [2.45, 2.75) is 6.92 Å². The van der Waals surface area contributed by atoms with Crippen molar-refractivity contribution >= 4 is 23.1 Å². The molecule has 1 aromatic heterocycles. The van der Waals surface area contributed by atoms with Gasteiger partial charge >= 0.3 is 5.97 Å². The number of fused-ring (bicyclic) bond motifs is 1. The molecule has 0 spiro atoms. The van der Waals surface area contributed by atoms with E-state index in [1.807, 2.05) is 0 Å². The van der Waals surface area contributed by atoms with Crippen molar-refractivity contribution in [2.75, 3.05) is 6.79 Å². The molecule has 0 saturated carbocycles. The molecule has 0 atom stereocenters. The number of carbonyl (C=O) groups excluding carboxylic acids is 1. The predicted octanol–water partition coefficient (Wildman–Crippen LogP) is 2.44. The first-order valence-electron chi connectivity index (χ1n) is 5.71. The molecule has 0 unspecified atom stereocenters. The Morgan fingerprint density at radius 3 is 2.70 bits per heavy atom. The van der Waals surface area contributed by atoms with Gasteiger partial charge in [0.1, 0.15) is 9.88 Å². The van der Waals surface area contributed by atoms with Crippen LogP contribution in [0.15, 0.2) is 18.2 Å². The van der Waals surface area contributed by atoms with Gasteiger partial charge in [-0.25, -0.2) is 9.78 Å². The first-order chi connectivity index (χ1) is 9.56. The van der Waals surface area contributed by atoms with Crippen LogP contribution in [0.3, 0.4) is 0 Å². The minimum absolute atomic E-state index is 0.144. The van der Waals surface area contributed by atoms with Crippen LogP contribution >= 0.6 is 11.3 Å². The zero-order valence-corrected chi connectivity index (χ0v) is 11.2. The summed E-state index contributed by atoms with van der Waals surface area (Å²) in [5.41, 5.74) is 0.476. The lowest BCUT2D eigenvalue weighted by Crippen LogP contribution is -2.03. The van der Waals surface area contributed by atoms with Gasteiger partial charge in [0, 0.05) is 12.5 Å². The van der Waals surface area contributed by atoms with Crippen molar-refractivity contribution in [3.8, 4) is 22.1 Å². The molecule has 0 saturated heterocycles. The number of ketones is 1. The number of Topliss-reactive ketones (excluding diaryl/α,β-unsaturated/α-hetero) is 1. The average Bonchev–Trinajstić information content (AvgIpc) is 3.04. The summed E-state index contributed by atoms with van der Waals surface area (Å²) in [6.07, 6.45) is 0. The van der Waals surface area contributed by atoms with Crippen LogP contribution in [0.4, 0.5) is 0 Å². The lowest BCUT2D eigenvalue weighted by atomic mass is 10.2. The van der Waals surface area contributed by atoms with E-state index < -0.39 is 5.97 Å². The van der Waals surface area contributed by atoms with Crippen LogP contribution < -0.4 is 9.47 Å². The van der Waals surface area contributed by atoms with E-state index in [2.05, 4.69) is 4.98 Å². The van der Waals surface area contributed by atoms with Gasteiger partial charge < -0.3 is 14.6 Å². The van der Waals surface area contributed by atoms with E-state index >= 15 is 0 Å². The molecular weight excluding hydrogens is 282 g/mol. The lowest BCUT2D eigenvalue weighted by Gasteiger charge is -1.98. The second-order valence-corrected chi connectivity index (χ2v) is 5.13. The zero-order valence-electron chi connectivity index (χ0n) is 10.4. The topological polar surface area (TPSA) is 85.7 Å². The Bertz CT molecular complexity index is 690. The van der Waals surface area contributed by atoms with E-state index in [1.54, 1.807) is 18.2 Å². The summed E-state index contributed by atoms with van der Waals surface area (Å²) in [6, 6.07) is 5.20. The number of nitrogens with zero attached hydrogens (tertiary/aromatic N) is 1. The Hall–Kier alpha value is -2.41. The standard InChI is InChI=1S/C13H9NO5S/c1-6(15)11-10(13(16)17)14-12(20-11)7-2-3-8-9(4-7)19-5-18-8/h2-4H,5H2,1H3,(H,16,17). The van der Waals surface area contributed by atoms with Gasteiger partial charge in [-0.2, -0.15) is 0 Å². The number of hydrogen-bond acceptors (Lipinski definition) is 6. The van der Waals surface area contributed by atoms with E-state index in [9.17, 15) is 9.59 Å². The normalized spacial score (nSPS) is 12.4. The first kappa shape index (κ1) is 12.6. The van der Waals surface area contributed by atoms with Crippen LogP contribution in [-0.4, -0.2) is 28.6 Å². The van der Waals surface area contributed by atoms with E-state index in [0.29, 0.717) is 22.1 Å². The van der Waals surface area contributed by atoms with Crippen LogP contribution in [0.5, 0.6) is 11.5 Å². The van der Waals surface area contributed by atoms with Gasteiger partial charge in [-0.15, -0.1) is 11.3 Å². The molecule has 20 heavy (non-hydrogen) atoms. The van der Waals surface area contributed by atoms with Gasteiger partial charge in [-0.3, -0.25) is 4.79 Å². The van der Waals surface area contributed by atoms with E-state index in [4.69, 9.17) is 14.6 Å². The van der Waals surface area contributed by atoms with E-state index in [0.717, 1.165) is 11.3 Å². The highest BCUT2D eigenvalue weighted by Crippen LogP contribution is 2.37. The van der Waals surface area contributed by atoms with Crippen LogP contribution in [-0.2, 0) is 0 Å². The van der Waals surface area contributed by atoms with Crippen molar-refractivity contribution in [1.82, 2.24) is 4.98 Å². The highest BCUT2D eigenvalue weighted by molar-refractivity contribution is 7.17. The molecule has 3 rings (SSSR count). The predicted molar refractivity (Wildman–Crippen MR) is 70.6 cm³/mol. The first-order valence-corrected chi connectivity index (χ1v) is 6.53. The van der Waals surface area contributed by atoms with Crippen LogP contribution in [0, 0.1) is 0 Å². The molecule has 1 N–H and O–H groups in total. The van der Waals surface area contributed by atoms with E-state index in [1.165, 1.54) is 6.92 Å². The number of benzene rings is 1. The maximum absolute atomic E-state index is 11.5. The average molecular weight is 291 g/mol. The fourth-order valence-electron chi connectivity index (χ4n) is 1.86. The van der Waals surface area contributed by atoms with Crippen LogP contribution in [0.25, 0.3) is 10.6 Å². The largest absolute Gasteiger partial charge is 0.476 e. The van der Waals surface area contributed by atoms with Gasteiger partial charge in [0.15, 0.2) is 23.0 Å². The maximum atomic E-state index is 11.5. The summed E-state index contributed by atoms with van der Waals surface area (Å²) in [5.74, 6) is -0.306. The third-order valence-electron chi connectivity index (χ3n) is 2.77. The molecule has 0 amide bonds. The minimum Gasteiger partial charge on any atom is -0.476 e. The summed E-state index contributed by atoms with van der Waals surface area (Å²) < 4.78 is 10.5. The van der Waals surface area contributed by atoms with Gasteiger partial charge in [0.05, 0.1) is 0 Å². The molecule has 1 aromatic carbocycles. The third kappa shape index (κ3) is 2.01. The van der Waals surface area contributed by atoms with Crippen molar-refractivity contribution in [3.63, 3.8) is 0 Å². The number of carbonyl (C=O) groups is 2. The summed E-state index contributed by atoms with van der Waals surface area (Å²) in [4.78, 5) is 26.7. The molecule has 7 heteroatoms. The highest BCUT2D eigenvalue weighted by atomic mass is 32.1. The molecular formula is C13H9NO5S. The van der Waals surface area contributed by atoms with Crippen molar-refractivity contribution in [1.29, 1.82) is 0 Å². The molecule has 6 nitrogen and oxygen atoms in total. The quantitative estimate of drug-likeness (QED) is 0.874. The van der Waals surface area contributed by atoms with Gasteiger partial charge in [-0.1, -0.05) is 0 Å². The number of aromatic carboxylic acids is 1. The molecule has 1 aliphatic rings. The molecule has 2 aromatic rings. The summed E-state index contributed by atoms with van der Waals surface area (Å²) in [7, 11) is 0. The number of carboxylic acid groups (broad SMARTS) is 1. The maximum Gasteiger partial charge on any atom is 0.356 e. The molecule has 102 valence electrons. The Morgan fingerprint density at radius 1 is 1.30 bits per heavy atom. The van der Waals surface area contributed by atoms with E-state index in [-0.39, 0.29) is 23.1 Å². The summed E-state index contributed by atoms with van der Waals surface area (Å²) >= 11 is 1.06. The van der Waals surface area contributed by atoms with Gasteiger partial charge in [0.25, 0.3) is 0 Å². The second-order valence-electron chi connectivity index (χ2n) is 4.13. The number of hydrogen-bond donors (Lipinski definition) is 1. The number of rotatable bonds is 3. The van der Waals surface area contributed by atoms with Gasteiger partial charge in [-0.05, 0) is 18.2 Å². The molecule has 2 heterocycles. The Balaban J connectivity index is 2.08. The third-order valence-corrected chi connectivity index (χ3v) is 3.97. The number of aromatic nitrogens is 1. The van der Waals surface area contributed by atoms with Crippen molar-refractivity contribution in [3.05, 3.63) is 28.8 Å². The fraction of sp³-hybridized carbons (Fsp3) is 0.154. The lowest BCUT2D eigenvalue weighted by molar-refractivity contribution is 0.0687. The van der Waals surface area contributed by atoms with Crippen LogP contribution in [0.2, 0.25) is 0 Å². The summed E-state index contributed by atoms with van der Waals surface area (Å²) in [5, 5.41) is 9.54. The second kappa shape index (κ2) is 4.61. The highest BCUT2D eigenvalue weighted by Gasteiger charge is 2.22. The molecule has 0 aliphatic carbocycles. The molecule has 0 fully saturated rings. The van der Waals surface area contributed by atoms with Crippen molar-refractivity contribution < 1.29 is 24.2 Å². The Kier molecular flexibility index (Phi) is 2.90. The minimum atomic E-state index is -1.21. The number of carboxylic acids is 1. The Labute approximate surface area is 117 Å². The number of thiazole rings is 1. The number of ether oxygens (including phenoxy) is 2. The molecule has 0 bridgehead atoms. The monoisotopic (exact) mass is 291 g/mol. The fourth-order valence-corrected chi connectivity index (χ4v) is 2.81. The molecule has 0 radical (unpaired) electrons. The zero-order chi connectivity index (χ0) is 14.3. The summed E-state index contributed by atoms with van der Waals surface area (Å²) in [6.45, 7) is 1.49. The van der Waals surface area contributed by atoms with Crippen molar-refractivity contribution in [2.24, 2.45) is 0 Å². The van der Waals surface area contributed by atoms with Crippen LogP contribution in [0.1, 0.15) is 27.1 Å². The molecule has 1 aliphatic heterocycles. The SMILES string of the molecule is CC(=O)c1sc(-c2ccc3c(c2)OCO3)nc1C(=O)O. The van der Waals surface area contributed by atoms with Gasteiger partial charge in [0.2, 0.25) is 6.79 Å². The smallest absolute Gasteiger partial charge is 0.356 e.